The predicted molar refractivity (Wildman–Crippen MR) is 82.1 cm³/mol. The average Bonchev–Trinajstić information content (AvgIpc) is 3.12. The van der Waals surface area contributed by atoms with Gasteiger partial charge in [0.1, 0.15) is 0 Å². The zero-order valence-electron chi connectivity index (χ0n) is 12.6. The normalized spacial score (nSPS) is 25.3. The van der Waals surface area contributed by atoms with E-state index in [2.05, 4.69) is 56.1 Å². The van der Waals surface area contributed by atoms with Gasteiger partial charge in [-0.1, -0.05) is 44.2 Å². The lowest BCUT2D eigenvalue weighted by Gasteiger charge is -2.41. The SMILES string of the molecule is CCC(CN)(Cc1ccccc1)N(C)CC1CC1C. The van der Waals surface area contributed by atoms with Gasteiger partial charge in [0.25, 0.3) is 0 Å². The Hall–Kier alpha value is -0.860. The molecule has 1 aromatic carbocycles. The minimum Gasteiger partial charge on any atom is -0.329 e. The van der Waals surface area contributed by atoms with E-state index in [1.54, 1.807) is 0 Å². The Balaban J connectivity index is 2.07. The van der Waals surface area contributed by atoms with Gasteiger partial charge in [0.15, 0.2) is 0 Å². The fourth-order valence-electron chi connectivity index (χ4n) is 3.08. The van der Waals surface area contributed by atoms with E-state index in [9.17, 15) is 0 Å². The van der Waals surface area contributed by atoms with E-state index in [0.29, 0.717) is 0 Å². The molecule has 1 fully saturated rings. The van der Waals surface area contributed by atoms with Crippen LogP contribution in [0.15, 0.2) is 30.3 Å². The molecule has 1 saturated carbocycles. The molecule has 0 saturated heterocycles. The third-order valence-electron chi connectivity index (χ3n) is 5.01. The largest absolute Gasteiger partial charge is 0.329 e. The Morgan fingerprint density at radius 1 is 1.32 bits per heavy atom. The van der Waals surface area contributed by atoms with Crippen molar-refractivity contribution in [3.63, 3.8) is 0 Å². The molecule has 0 aromatic heterocycles. The Morgan fingerprint density at radius 2 is 1.95 bits per heavy atom. The third kappa shape index (κ3) is 3.37. The zero-order chi connectivity index (χ0) is 13.9. The molecule has 0 aliphatic heterocycles. The van der Waals surface area contributed by atoms with Crippen LogP contribution in [-0.4, -0.2) is 30.6 Å². The molecular formula is C17H28N2. The Kier molecular flexibility index (Phi) is 4.64. The molecule has 1 aliphatic rings. The Morgan fingerprint density at radius 3 is 2.42 bits per heavy atom. The van der Waals surface area contributed by atoms with Crippen LogP contribution in [0, 0.1) is 11.8 Å². The van der Waals surface area contributed by atoms with Crippen molar-refractivity contribution in [3.8, 4) is 0 Å². The number of hydrogen-bond acceptors (Lipinski definition) is 2. The topological polar surface area (TPSA) is 29.3 Å². The molecule has 0 heterocycles. The van der Waals surface area contributed by atoms with E-state index in [4.69, 9.17) is 5.73 Å². The monoisotopic (exact) mass is 260 g/mol. The van der Waals surface area contributed by atoms with Crippen LogP contribution in [0.4, 0.5) is 0 Å². The van der Waals surface area contributed by atoms with E-state index in [1.807, 2.05) is 0 Å². The van der Waals surface area contributed by atoms with Crippen LogP contribution in [0.1, 0.15) is 32.3 Å². The molecule has 0 radical (unpaired) electrons. The van der Waals surface area contributed by atoms with Gasteiger partial charge in [0, 0.05) is 18.6 Å². The summed E-state index contributed by atoms with van der Waals surface area (Å²) in [7, 11) is 2.25. The smallest absolute Gasteiger partial charge is 0.0366 e. The minimum absolute atomic E-state index is 0.115. The summed E-state index contributed by atoms with van der Waals surface area (Å²) < 4.78 is 0. The summed E-state index contributed by atoms with van der Waals surface area (Å²) in [6.07, 6.45) is 3.55. The molecule has 0 spiro atoms. The molecule has 3 unspecified atom stereocenters. The Bertz CT molecular complexity index is 384. The lowest BCUT2D eigenvalue weighted by atomic mass is 9.86. The second kappa shape index (κ2) is 6.06. The fraction of sp³-hybridized carbons (Fsp3) is 0.647. The second-order valence-electron chi connectivity index (χ2n) is 6.30. The van der Waals surface area contributed by atoms with Crippen molar-refractivity contribution in [1.82, 2.24) is 4.90 Å². The van der Waals surface area contributed by atoms with Crippen molar-refractivity contribution in [3.05, 3.63) is 35.9 Å². The lowest BCUT2D eigenvalue weighted by Crippen LogP contribution is -2.54. The number of rotatable bonds is 7. The predicted octanol–water partition coefficient (Wildman–Crippen LogP) is 2.92. The van der Waals surface area contributed by atoms with Crippen LogP contribution in [0.2, 0.25) is 0 Å². The van der Waals surface area contributed by atoms with Crippen molar-refractivity contribution in [2.45, 2.75) is 38.6 Å². The highest BCUT2D eigenvalue weighted by molar-refractivity contribution is 5.18. The molecule has 1 aliphatic carbocycles. The minimum atomic E-state index is 0.115. The van der Waals surface area contributed by atoms with Crippen molar-refractivity contribution in [1.29, 1.82) is 0 Å². The molecule has 19 heavy (non-hydrogen) atoms. The first-order valence-electron chi connectivity index (χ1n) is 7.56. The van der Waals surface area contributed by atoms with Crippen LogP contribution in [0.3, 0.4) is 0 Å². The van der Waals surface area contributed by atoms with E-state index in [-0.39, 0.29) is 5.54 Å². The number of hydrogen-bond donors (Lipinski definition) is 1. The molecular weight excluding hydrogens is 232 g/mol. The van der Waals surface area contributed by atoms with Crippen LogP contribution < -0.4 is 5.73 Å². The Labute approximate surface area is 118 Å². The molecule has 0 amide bonds. The van der Waals surface area contributed by atoms with Gasteiger partial charge in [-0.25, -0.2) is 0 Å². The second-order valence-corrected chi connectivity index (χ2v) is 6.30. The van der Waals surface area contributed by atoms with Crippen LogP contribution in [0.25, 0.3) is 0 Å². The van der Waals surface area contributed by atoms with Crippen molar-refractivity contribution >= 4 is 0 Å². The first kappa shape index (κ1) is 14.5. The number of nitrogens with two attached hydrogens (primary N) is 1. The summed E-state index contributed by atoms with van der Waals surface area (Å²) in [5.41, 5.74) is 7.66. The molecule has 0 bridgehead atoms. The highest BCUT2D eigenvalue weighted by Crippen LogP contribution is 2.39. The van der Waals surface area contributed by atoms with Crippen molar-refractivity contribution < 1.29 is 0 Å². The van der Waals surface area contributed by atoms with Crippen molar-refractivity contribution in [2.75, 3.05) is 20.1 Å². The summed E-state index contributed by atoms with van der Waals surface area (Å²) >= 11 is 0. The van der Waals surface area contributed by atoms with Gasteiger partial charge in [-0.15, -0.1) is 0 Å². The molecule has 3 atom stereocenters. The highest BCUT2D eigenvalue weighted by Gasteiger charge is 2.38. The van der Waals surface area contributed by atoms with Crippen LogP contribution in [0.5, 0.6) is 0 Å². The standard InChI is InChI=1S/C17H28N2/c1-4-17(13-18,11-15-8-6-5-7-9-15)19(3)12-16-10-14(16)2/h5-9,14,16H,4,10-13,18H2,1-3H3. The fourth-order valence-corrected chi connectivity index (χ4v) is 3.08. The molecule has 2 heteroatoms. The zero-order valence-corrected chi connectivity index (χ0v) is 12.6. The van der Waals surface area contributed by atoms with Gasteiger partial charge in [-0.3, -0.25) is 4.90 Å². The summed E-state index contributed by atoms with van der Waals surface area (Å²) in [6, 6.07) is 10.8. The van der Waals surface area contributed by atoms with Gasteiger partial charge in [0.2, 0.25) is 0 Å². The maximum atomic E-state index is 6.16. The van der Waals surface area contributed by atoms with Gasteiger partial charge in [0.05, 0.1) is 0 Å². The lowest BCUT2D eigenvalue weighted by molar-refractivity contribution is 0.113. The van der Waals surface area contributed by atoms with Gasteiger partial charge < -0.3 is 5.73 Å². The van der Waals surface area contributed by atoms with Gasteiger partial charge >= 0.3 is 0 Å². The molecule has 2 nitrogen and oxygen atoms in total. The maximum absolute atomic E-state index is 6.16. The van der Waals surface area contributed by atoms with E-state index in [0.717, 1.165) is 31.2 Å². The molecule has 2 N–H and O–H groups in total. The quantitative estimate of drug-likeness (QED) is 0.817. The first-order valence-corrected chi connectivity index (χ1v) is 7.56. The third-order valence-corrected chi connectivity index (χ3v) is 5.01. The number of likely N-dealkylation sites (N-methyl/N-ethyl adjacent to an activating group) is 1. The molecule has 106 valence electrons. The highest BCUT2D eigenvalue weighted by atomic mass is 15.2. The first-order chi connectivity index (χ1) is 9.11. The van der Waals surface area contributed by atoms with Crippen molar-refractivity contribution in [2.24, 2.45) is 17.6 Å². The maximum Gasteiger partial charge on any atom is 0.0366 e. The number of benzene rings is 1. The summed E-state index contributed by atoms with van der Waals surface area (Å²) in [5.74, 6) is 1.80. The summed E-state index contributed by atoms with van der Waals surface area (Å²) in [5, 5.41) is 0. The van der Waals surface area contributed by atoms with E-state index in [1.165, 1.54) is 18.5 Å². The summed E-state index contributed by atoms with van der Waals surface area (Å²) in [6.45, 7) is 6.55. The number of nitrogens with zero attached hydrogens (tertiary/aromatic N) is 1. The van der Waals surface area contributed by atoms with Crippen LogP contribution >= 0.6 is 0 Å². The summed E-state index contributed by atoms with van der Waals surface area (Å²) in [4.78, 5) is 2.52. The average molecular weight is 260 g/mol. The van der Waals surface area contributed by atoms with Gasteiger partial charge in [-0.05, 0) is 43.7 Å². The molecule has 2 rings (SSSR count). The van der Waals surface area contributed by atoms with E-state index < -0.39 is 0 Å². The van der Waals surface area contributed by atoms with Gasteiger partial charge in [-0.2, -0.15) is 0 Å². The molecule has 1 aromatic rings. The van der Waals surface area contributed by atoms with Crippen LogP contribution in [-0.2, 0) is 6.42 Å². The van der Waals surface area contributed by atoms with E-state index >= 15 is 0 Å².